The van der Waals surface area contributed by atoms with Gasteiger partial charge in [0.25, 0.3) is 0 Å². The summed E-state index contributed by atoms with van der Waals surface area (Å²) in [6.45, 7) is 2.62. The van der Waals surface area contributed by atoms with Crippen LogP contribution in [0, 0.1) is 11.8 Å². The average Bonchev–Trinajstić information content (AvgIpc) is 2.76. The van der Waals surface area contributed by atoms with Crippen LogP contribution in [0.2, 0.25) is 0 Å². The van der Waals surface area contributed by atoms with Crippen molar-refractivity contribution in [3.63, 3.8) is 0 Å². The molecular formula is C24H34FNO5. The summed E-state index contributed by atoms with van der Waals surface area (Å²) < 4.78 is 17.6. The van der Waals surface area contributed by atoms with Gasteiger partial charge in [0.05, 0.1) is 13.2 Å². The lowest BCUT2D eigenvalue weighted by atomic mass is 9.88. The maximum Gasteiger partial charge on any atom is 0.305 e. The van der Waals surface area contributed by atoms with Gasteiger partial charge in [0.2, 0.25) is 5.91 Å². The second-order valence-electron chi connectivity index (χ2n) is 8.06. The molecule has 172 valence electrons. The van der Waals surface area contributed by atoms with Crippen molar-refractivity contribution in [2.45, 2.75) is 64.8 Å². The molecular weight excluding hydrogens is 401 g/mol. The highest BCUT2D eigenvalue weighted by atomic mass is 19.1. The van der Waals surface area contributed by atoms with E-state index < -0.39 is 24.4 Å². The smallest absolute Gasteiger partial charge is 0.305 e. The van der Waals surface area contributed by atoms with E-state index in [1.165, 1.54) is 7.11 Å². The third-order valence-electron chi connectivity index (χ3n) is 5.31. The van der Waals surface area contributed by atoms with Crippen molar-refractivity contribution in [1.29, 1.82) is 0 Å². The number of esters is 1. The van der Waals surface area contributed by atoms with Crippen LogP contribution in [-0.2, 0) is 30.3 Å². The topological polar surface area (TPSA) is 89.5 Å². The molecule has 1 unspecified atom stereocenters. The number of alkyl halides is 1. The number of carbonyl (C=O) groups is 4. The zero-order valence-electron chi connectivity index (χ0n) is 18.7. The summed E-state index contributed by atoms with van der Waals surface area (Å²) in [6, 6.07) is 8.20. The number of benzene rings is 1. The molecule has 1 rings (SSSR count). The molecule has 0 aliphatic carbocycles. The van der Waals surface area contributed by atoms with Gasteiger partial charge in [-0.15, -0.1) is 0 Å². The molecule has 6 nitrogen and oxygen atoms in total. The van der Waals surface area contributed by atoms with E-state index in [1.807, 2.05) is 44.2 Å². The Balaban J connectivity index is 2.60. The summed E-state index contributed by atoms with van der Waals surface area (Å²) in [5.74, 6) is -1.76. The van der Waals surface area contributed by atoms with Gasteiger partial charge >= 0.3 is 5.97 Å². The standard InChI is InChI=1S/C24H34FNO5/c1-17(2)20(14-13-19(27)11-7-8-12-23(29)31-3)24(30)26-21(22(28)16-25)15-18-9-5-4-6-10-18/h4-6,9-10,17,20-21H,7-8,11-16H2,1-3H3,(H,26,30)/t20-,21?/m0/s1. The van der Waals surface area contributed by atoms with Gasteiger partial charge in [-0.3, -0.25) is 19.2 Å². The van der Waals surface area contributed by atoms with Crippen LogP contribution in [0.1, 0.15) is 57.9 Å². The first kappa shape index (κ1) is 26.5. The highest BCUT2D eigenvalue weighted by molar-refractivity contribution is 5.91. The number of hydrogen-bond acceptors (Lipinski definition) is 5. The summed E-state index contributed by atoms with van der Waals surface area (Å²) >= 11 is 0. The number of ketones is 2. The molecule has 0 saturated carbocycles. The monoisotopic (exact) mass is 435 g/mol. The number of unbranched alkanes of at least 4 members (excludes halogenated alkanes) is 1. The van der Waals surface area contributed by atoms with Gasteiger partial charge in [-0.2, -0.15) is 0 Å². The quantitative estimate of drug-likeness (QED) is 0.336. The Kier molecular flexibility index (Phi) is 12.3. The van der Waals surface area contributed by atoms with Crippen LogP contribution < -0.4 is 5.32 Å². The van der Waals surface area contributed by atoms with E-state index in [-0.39, 0.29) is 42.8 Å². The molecule has 0 aliphatic rings. The van der Waals surface area contributed by atoms with Gasteiger partial charge in [0, 0.05) is 25.2 Å². The summed E-state index contributed by atoms with van der Waals surface area (Å²) in [5, 5.41) is 2.70. The Bertz CT molecular complexity index is 720. The molecule has 0 aliphatic heterocycles. The molecule has 0 heterocycles. The molecule has 1 amide bonds. The van der Waals surface area contributed by atoms with E-state index >= 15 is 0 Å². The fourth-order valence-electron chi connectivity index (χ4n) is 3.37. The summed E-state index contributed by atoms with van der Waals surface area (Å²) in [6.07, 6.45) is 2.64. The van der Waals surface area contributed by atoms with E-state index in [0.717, 1.165) is 5.56 Å². The summed E-state index contributed by atoms with van der Waals surface area (Å²) in [7, 11) is 1.33. The minimum absolute atomic E-state index is 0.0315. The fourth-order valence-corrected chi connectivity index (χ4v) is 3.37. The van der Waals surface area contributed by atoms with Crippen LogP contribution in [0.4, 0.5) is 4.39 Å². The molecule has 0 spiro atoms. The number of rotatable bonds is 15. The minimum Gasteiger partial charge on any atom is -0.469 e. The first-order chi connectivity index (χ1) is 14.8. The SMILES string of the molecule is COC(=O)CCCCC(=O)CC[C@H](C(=O)NC(Cc1ccccc1)C(=O)CF)C(C)C. The van der Waals surface area contributed by atoms with Crippen molar-refractivity contribution < 1.29 is 28.3 Å². The zero-order chi connectivity index (χ0) is 23.2. The number of carbonyl (C=O) groups excluding carboxylic acids is 4. The highest BCUT2D eigenvalue weighted by Gasteiger charge is 2.28. The third-order valence-corrected chi connectivity index (χ3v) is 5.31. The molecule has 1 aromatic carbocycles. The molecule has 0 fully saturated rings. The van der Waals surface area contributed by atoms with Crippen LogP contribution in [0.3, 0.4) is 0 Å². The maximum atomic E-state index is 13.0. The Morgan fingerprint density at radius 2 is 1.65 bits per heavy atom. The first-order valence-corrected chi connectivity index (χ1v) is 10.8. The van der Waals surface area contributed by atoms with Crippen molar-refractivity contribution in [2.75, 3.05) is 13.8 Å². The average molecular weight is 436 g/mol. The number of hydrogen-bond donors (Lipinski definition) is 1. The molecule has 1 aromatic rings. The van der Waals surface area contributed by atoms with E-state index in [0.29, 0.717) is 25.7 Å². The van der Waals surface area contributed by atoms with Crippen molar-refractivity contribution in [2.24, 2.45) is 11.8 Å². The highest BCUT2D eigenvalue weighted by Crippen LogP contribution is 2.19. The Labute approximate surface area is 183 Å². The first-order valence-electron chi connectivity index (χ1n) is 10.8. The molecule has 2 atom stereocenters. The van der Waals surface area contributed by atoms with E-state index in [9.17, 15) is 23.6 Å². The molecule has 31 heavy (non-hydrogen) atoms. The number of nitrogens with one attached hydrogen (secondary N) is 1. The second-order valence-corrected chi connectivity index (χ2v) is 8.06. The predicted molar refractivity (Wildman–Crippen MR) is 116 cm³/mol. The van der Waals surface area contributed by atoms with Crippen molar-refractivity contribution in [3.05, 3.63) is 35.9 Å². The normalized spacial score (nSPS) is 12.8. The molecule has 1 N–H and O–H groups in total. The minimum atomic E-state index is -1.14. The van der Waals surface area contributed by atoms with Crippen LogP contribution in [-0.4, -0.2) is 43.3 Å². The van der Waals surface area contributed by atoms with Gasteiger partial charge in [-0.25, -0.2) is 4.39 Å². The maximum absolute atomic E-state index is 13.0. The molecule has 0 radical (unpaired) electrons. The van der Waals surface area contributed by atoms with Gasteiger partial charge in [0.1, 0.15) is 12.5 Å². The number of Topliss-reactive ketones (excluding diaryl/α,β-unsaturated/α-hetero) is 2. The van der Waals surface area contributed by atoms with E-state index in [4.69, 9.17) is 0 Å². The number of amides is 1. The number of methoxy groups -OCH3 is 1. The lowest BCUT2D eigenvalue weighted by Crippen LogP contribution is -2.46. The van der Waals surface area contributed by atoms with E-state index in [1.54, 1.807) is 0 Å². The Morgan fingerprint density at radius 3 is 2.23 bits per heavy atom. The predicted octanol–water partition coefficient (Wildman–Crippen LogP) is 3.61. The summed E-state index contributed by atoms with van der Waals surface area (Å²) in [4.78, 5) is 48.2. The molecule has 7 heteroatoms. The van der Waals surface area contributed by atoms with Crippen LogP contribution in [0.15, 0.2) is 30.3 Å². The molecule has 0 aromatic heterocycles. The van der Waals surface area contributed by atoms with Gasteiger partial charge in [-0.05, 0) is 37.2 Å². The second kappa shape index (κ2) is 14.4. The Hall–Kier alpha value is -2.57. The van der Waals surface area contributed by atoms with Crippen LogP contribution in [0.5, 0.6) is 0 Å². The lowest BCUT2D eigenvalue weighted by Gasteiger charge is -2.24. The summed E-state index contributed by atoms with van der Waals surface area (Å²) in [5.41, 5.74) is 0.831. The van der Waals surface area contributed by atoms with Crippen LogP contribution in [0.25, 0.3) is 0 Å². The lowest BCUT2D eigenvalue weighted by molar-refractivity contribution is -0.141. The van der Waals surface area contributed by atoms with Crippen molar-refractivity contribution in [1.82, 2.24) is 5.32 Å². The molecule has 0 bridgehead atoms. The van der Waals surface area contributed by atoms with Gasteiger partial charge in [-0.1, -0.05) is 44.2 Å². The van der Waals surface area contributed by atoms with Crippen molar-refractivity contribution >= 4 is 23.4 Å². The molecule has 0 saturated heterocycles. The van der Waals surface area contributed by atoms with E-state index in [2.05, 4.69) is 10.1 Å². The van der Waals surface area contributed by atoms with Crippen LogP contribution >= 0.6 is 0 Å². The van der Waals surface area contributed by atoms with Gasteiger partial charge in [0.15, 0.2) is 5.78 Å². The van der Waals surface area contributed by atoms with Gasteiger partial charge < -0.3 is 10.1 Å². The van der Waals surface area contributed by atoms with Crippen molar-refractivity contribution in [3.8, 4) is 0 Å². The number of halogens is 1. The zero-order valence-corrected chi connectivity index (χ0v) is 18.7. The largest absolute Gasteiger partial charge is 0.469 e. The third kappa shape index (κ3) is 10.3. The Morgan fingerprint density at radius 1 is 1.00 bits per heavy atom. The number of ether oxygens (including phenoxy) is 1. The fraction of sp³-hybridized carbons (Fsp3) is 0.583.